The van der Waals surface area contributed by atoms with Crippen LogP contribution in [0.25, 0.3) is 0 Å². The average Bonchev–Trinajstić information content (AvgIpc) is 3.76. The van der Waals surface area contributed by atoms with Crippen LogP contribution in [0.2, 0.25) is 0 Å². The number of hydrogen-bond acceptors (Lipinski definition) is 19. The van der Waals surface area contributed by atoms with Gasteiger partial charge in [0, 0.05) is 5.41 Å². The van der Waals surface area contributed by atoms with E-state index in [9.17, 15) is 65.8 Å². The Kier molecular flexibility index (Phi) is 14.3. The molecule has 0 unspecified atom stereocenters. The summed E-state index contributed by atoms with van der Waals surface area (Å²) >= 11 is 0. The monoisotopic (exact) mass is 972 g/mol. The zero-order chi connectivity index (χ0) is 50.0. The second-order valence-corrected chi connectivity index (χ2v) is 22.9. The number of esters is 1. The fourth-order valence-electron chi connectivity index (χ4n) is 15.6. The van der Waals surface area contributed by atoms with E-state index in [1.165, 1.54) is 6.92 Å². The van der Waals surface area contributed by atoms with Crippen molar-refractivity contribution < 1.29 is 98.9 Å². The van der Waals surface area contributed by atoms with Gasteiger partial charge in [-0.3, -0.25) is 9.59 Å². The zero-order valence-electron chi connectivity index (χ0n) is 40.1. The van der Waals surface area contributed by atoms with Crippen molar-refractivity contribution in [3.8, 4) is 0 Å². The van der Waals surface area contributed by atoms with Gasteiger partial charge in [-0.05, 0) is 113 Å². The van der Waals surface area contributed by atoms with Gasteiger partial charge in [0.2, 0.25) is 6.29 Å². The van der Waals surface area contributed by atoms with E-state index in [-0.39, 0.29) is 36.0 Å². The first-order valence-electron chi connectivity index (χ1n) is 24.4. The normalized spacial score (nSPS) is 54.2. The number of carboxylic acids is 1. The summed E-state index contributed by atoms with van der Waals surface area (Å²) in [5.74, 6) is -2.58. The molecule has 20 nitrogen and oxygen atoms in total. The summed E-state index contributed by atoms with van der Waals surface area (Å²) in [6.45, 7) is 16.9. The van der Waals surface area contributed by atoms with Gasteiger partial charge in [0.25, 0.3) is 0 Å². The van der Waals surface area contributed by atoms with Crippen molar-refractivity contribution in [1.82, 2.24) is 0 Å². The van der Waals surface area contributed by atoms with E-state index in [2.05, 4.69) is 27.4 Å². The molecule has 0 radical (unpaired) electrons. The molecule has 4 saturated carbocycles. The van der Waals surface area contributed by atoms with Gasteiger partial charge in [-0.25, -0.2) is 0 Å². The summed E-state index contributed by atoms with van der Waals surface area (Å²) in [5.41, 5.74) is -2.37. The number of allylic oxidation sites excluding steroid dienone is 1. The van der Waals surface area contributed by atoms with E-state index in [0.29, 0.717) is 32.1 Å². The first kappa shape index (κ1) is 52.4. The van der Waals surface area contributed by atoms with Crippen molar-refractivity contribution in [3.05, 3.63) is 12.2 Å². The Morgan fingerprint density at radius 3 is 2.00 bits per heavy atom. The third-order valence-electron chi connectivity index (χ3n) is 19.2. The molecule has 11 N–H and O–H groups in total. The van der Waals surface area contributed by atoms with Crippen LogP contribution in [0, 0.1) is 51.2 Å². The van der Waals surface area contributed by atoms with E-state index < -0.39 is 157 Å². The molecule has 8 fully saturated rings. The van der Waals surface area contributed by atoms with E-state index in [0.717, 1.165) is 18.4 Å². The molecule has 388 valence electrons. The van der Waals surface area contributed by atoms with Crippen molar-refractivity contribution in [1.29, 1.82) is 0 Å². The quantitative estimate of drug-likeness (QED) is 0.0916. The number of ether oxygens (including phenoxy) is 7. The third-order valence-corrected chi connectivity index (χ3v) is 19.2. The summed E-state index contributed by atoms with van der Waals surface area (Å²) in [4.78, 5) is 27.3. The molecule has 0 amide bonds. The molecular formula is C48H76O20. The number of hydrogen-bond donors (Lipinski definition) is 11. The van der Waals surface area contributed by atoms with E-state index in [1.807, 2.05) is 20.8 Å². The first-order chi connectivity index (χ1) is 31.7. The molecule has 20 heteroatoms. The van der Waals surface area contributed by atoms with Crippen LogP contribution in [-0.4, -0.2) is 191 Å². The van der Waals surface area contributed by atoms with E-state index >= 15 is 0 Å². The smallest absolute Gasteiger partial charge is 0.314 e. The van der Waals surface area contributed by atoms with Gasteiger partial charge in [-0.15, -0.1) is 0 Å². The highest BCUT2D eigenvalue weighted by Crippen LogP contribution is 2.78. The molecule has 0 aromatic carbocycles. The first-order valence-corrected chi connectivity index (χ1v) is 24.4. The van der Waals surface area contributed by atoms with Gasteiger partial charge in [0.1, 0.15) is 67.1 Å². The van der Waals surface area contributed by atoms with E-state index in [4.69, 9.17) is 33.2 Å². The molecule has 4 saturated heterocycles. The molecule has 4 aliphatic carbocycles. The summed E-state index contributed by atoms with van der Waals surface area (Å²) in [5, 5.41) is 119. The van der Waals surface area contributed by atoms with Crippen LogP contribution in [0.15, 0.2) is 12.2 Å². The number of carboxylic acid groups (broad SMARTS) is 1. The Hall–Kier alpha value is -1.96. The van der Waals surface area contributed by atoms with Crippen molar-refractivity contribution >= 4 is 11.9 Å². The maximum absolute atomic E-state index is 15.0. The minimum Gasteiger partial charge on any atom is -0.481 e. The molecule has 68 heavy (non-hydrogen) atoms. The molecule has 0 bridgehead atoms. The van der Waals surface area contributed by atoms with Gasteiger partial charge in [0.15, 0.2) is 12.6 Å². The van der Waals surface area contributed by atoms with Crippen LogP contribution < -0.4 is 0 Å². The van der Waals surface area contributed by atoms with Crippen LogP contribution >= 0.6 is 0 Å². The van der Waals surface area contributed by atoms with Gasteiger partial charge in [-0.1, -0.05) is 32.9 Å². The molecule has 0 aromatic heterocycles. The number of aliphatic hydroxyl groups excluding tert-OH is 10. The number of carbonyl (C=O) groups is 2. The Morgan fingerprint density at radius 1 is 0.721 bits per heavy atom. The molecular weight excluding hydrogens is 897 g/mol. The predicted molar refractivity (Wildman–Crippen MR) is 232 cm³/mol. The third kappa shape index (κ3) is 8.03. The molecule has 0 spiro atoms. The highest BCUT2D eigenvalue weighted by atomic mass is 16.8. The Balaban J connectivity index is 0.986. The van der Waals surface area contributed by atoms with Gasteiger partial charge < -0.3 is 89.3 Å². The minimum absolute atomic E-state index is 0.0103. The van der Waals surface area contributed by atoms with Crippen LogP contribution in [0.3, 0.4) is 0 Å². The van der Waals surface area contributed by atoms with Crippen LogP contribution in [0.1, 0.15) is 99.8 Å². The summed E-state index contributed by atoms with van der Waals surface area (Å²) in [7, 11) is 0. The average molecular weight is 973 g/mol. The lowest BCUT2D eigenvalue weighted by Gasteiger charge is -2.71. The van der Waals surface area contributed by atoms with Crippen molar-refractivity contribution in [2.75, 3.05) is 13.2 Å². The SMILES string of the molecule is C=C(C)[C@@H]1CC[C@@]2(C(=O)O[C@@H]3O[C@H](CO[C@@H]4O[C@H](CO)[C@@H](O[C@@H]5O[C@@H](C)[C@H](O)[C@@H](O)[C@H]5O)[C@H](O)[C@H]4O)[C@@H](O)[C@H](O)[C@H]3O)CC[C@]3(C)[C@H](C[C@@H](O)[C@@H]4[C@@]5(C)[C@H](CC[C@]43C)C(C)(C)O[C@@H]5CC(=O)O)[C@@H]12. The summed E-state index contributed by atoms with van der Waals surface area (Å²) < 4.78 is 41.2. The van der Waals surface area contributed by atoms with Crippen molar-refractivity contribution in [3.63, 3.8) is 0 Å². The summed E-state index contributed by atoms with van der Waals surface area (Å²) in [6, 6.07) is 0. The lowest BCUT2D eigenvalue weighted by molar-refractivity contribution is -0.361. The number of rotatable bonds is 11. The zero-order valence-corrected chi connectivity index (χ0v) is 40.1. The number of aliphatic hydroxyl groups is 10. The lowest BCUT2D eigenvalue weighted by Crippen LogP contribution is -2.69. The van der Waals surface area contributed by atoms with Crippen LogP contribution in [-0.2, 0) is 42.7 Å². The van der Waals surface area contributed by atoms with Crippen molar-refractivity contribution in [2.45, 2.75) is 210 Å². The topological polar surface area (TPSA) is 321 Å². The van der Waals surface area contributed by atoms with Crippen molar-refractivity contribution in [2.24, 2.45) is 51.2 Å². The number of fused-ring (bicyclic) bond motifs is 7. The largest absolute Gasteiger partial charge is 0.481 e. The van der Waals surface area contributed by atoms with Crippen LogP contribution in [0.4, 0.5) is 0 Å². The fraction of sp³-hybridized carbons (Fsp3) is 0.917. The van der Waals surface area contributed by atoms with Gasteiger partial charge in [-0.2, -0.15) is 0 Å². The Labute approximate surface area is 396 Å². The minimum atomic E-state index is -1.90. The maximum Gasteiger partial charge on any atom is 0.314 e. The second kappa shape index (κ2) is 18.5. The molecule has 4 aliphatic heterocycles. The second-order valence-electron chi connectivity index (χ2n) is 22.9. The molecule has 0 aromatic rings. The highest BCUT2D eigenvalue weighted by Gasteiger charge is 2.76. The van der Waals surface area contributed by atoms with Gasteiger partial charge >= 0.3 is 11.9 Å². The Morgan fingerprint density at radius 2 is 1.35 bits per heavy atom. The maximum atomic E-state index is 15.0. The van der Waals surface area contributed by atoms with Gasteiger partial charge in [0.05, 0.1) is 49.0 Å². The highest BCUT2D eigenvalue weighted by molar-refractivity contribution is 5.78. The lowest BCUT2D eigenvalue weighted by atomic mass is 9.33. The van der Waals surface area contributed by atoms with E-state index in [1.54, 1.807) is 0 Å². The molecule has 8 rings (SSSR count). The molecule has 8 aliphatic rings. The number of carbonyl (C=O) groups excluding carboxylic acids is 1. The number of aliphatic carboxylic acids is 1. The molecule has 26 atom stereocenters. The predicted octanol–water partition coefficient (Wildman–Crippen LogP) is -0.534. The molecule has 4 heterocycles. The standard InChI is InChI=1S/C48H76O20/c1-19(2)21-9-12-48(14-13-45(6)22(29(21)48)15-23(50)39-46(45,7)11-10-26-44(4,5)68-27(16-28(51)52)47(26,39)8)43(61)67-42-36(59)33(56)31(54)25(65-42)18-62-40-37(60)34(57)38(24(17-49)64-40)66-41-35(58)32(55)30(53)20(3)63-41/h20-27,29-42,49-50,53-60H,1,9-18H2,2-8H3,(H,51,52)/t20-,21-,22+,23+,24+,25+,26+,27+,29+,30-,31+,32+,33-,34+,35+,36+,37+,38+,39-,40+,41-,42-,45+,46+,47-,48+/m0/s1. The summed E-state index contributed by atoms with van der Waals surface area (Å²) in [6.07, 6.45) is -22.4. The fourth-order valence-corrected chi connectivity index (χ4v) is 15.6. The Bertz CT molecular complexity index is 1880. The van der Waals surface area contributed by atoms with Crippen LogP contribution in [0.5, 0.6) is 0 Å².